The van der Waals surface area contributed by atoms with E-state index < -0.39 is 0 Å². The van der Waals surface area contributed by atoms with Crippen molar-refractivity contribution in [3.05, 3.63) is 101 Å². The number of halogens is 1. The van der Waals surface area contributed by atoms with Crippen LogP contribution in [0.5, 0.6) is 0 Å². The first-order valence-electron chi connectivity index (χ1n) is 10.7. The Bertz CT molecular complexity index is 1410. The molecular formula is C25H19ClN6OS2. The van der Waals surface area contributed by atoms with Gasteiger partial charge in [0.15, 0.2) is 5.13 Å². The topological polar surface area (TPSA) is 76.8 Å². The molecule has 0 spiro atoms. The molecule has 10 heteroatoms. The van der Waals surface area contributed by atoms with Crippen LogP contribution in [-0.2, 0) is 11.3 Å². The molecule has 0 saturated carbocycles. The number of rotatable bonds is 8. The van der Waals surface area contributed by atoms with E-state index in [0.29, 0.717) is 21.9 Å². The van der Waals surface area contributed by atoms with Crippen LogP contribution in [0.2, 0.25) is 5.02 Å². The summed E-state index contributed by atoms with van der Waals surface area (Å²) in [6.45, 7) is 0.414. The molecule has 174 valence electrons. The van der Waals surface area contributed by atoms with Gasteiger partial charge in [0.05, 0.1) is 23.7 Å². The van der Waals surface area contributed by atoms with Crippen LogP contribution in [-0.4, -0.2) is 36.9 Å². The van der Waals surface area contributed by atoms with Crippen LogP contribution < -0.4 is 4.90 Å². The highest BCUT2D eigenvalue weighted by molar-refractivity contribution is 7.99. The minimum absolute atomic E-state index is 0.0847. The van der Waals surface area contributed by atoms with Crippen molar-refractivity contribution in [3.63, 3.8) is 0 Å². The third-order valence-electron chi connectivity index (χ3n) is 5.11. The van der Waals surface area contributed by atoms with Crippen molar-refractivity contribution >= 4 is 45.7 Å². The fraction of sp³-hybridized carbons (Fsp3) is 0.0800. The minimum Gasteiger partial charge on any atom is -0.283 e. The fourth-order valence-electron chi connectivity index (χ4n) is 3.37. The van der Waals surface area contributed by atoms with Gasteiger partial charge in [-0.05, 0) is 40.3 Å². The molecule has 0 aliphatic heterocycles. The number of nitrogens with zero attached hydrogens (tertiary/aromatic N) is 6. The van der Waals surface area contributed by atoms with Gasteiger partial charge in [0.25, 0.3) is 0 Å². The summed E-state index contributed by atoms with van der Waals surface area (Å²) in [5, 5.41) is 15.8. The highest BCUT2D eigenvalue weighted by atomic mass is 35.5. The summed E-state index contributed by atoms with van der Waals surface area (Å²) in [6.07, 6.45) is 0. The van der Waals surface area contributed by atoms with Crippen LogP contribution in [0.15, 0.2) is 95.5 Å². The summed E-state index contributed by atoms with van der Waals surface area (Å²) in [5.41, 5.74) is 3.60. The van der Waals surface area contributed by atoms with Crippen molar-refractivity contribution in [3.8, 4) is 16.9 Å². The molecule has 0 unspecified atom stereocenters. The van der Waals surface area contributed by atoms with E-state index in [0.717, 1.165) is 22.5 Å². The molecule has 0 aliphatic rings. The number of tetrazole rings is 1. The fourth-order valence-corrected chi connectivity index (χ4v) is 5.12. The molecule has 35 heavy (non-hydrogen) atoms. The van der Waals surface area contributed by atoms with Gasteiger partial charge in [-0.2, -0.15) is 4.68 Å². The second-order valence-corrected chi connectivity index (χ2v) is 9.70. The Morgan fingerprint density at radius 3 is 2.43 bits per heavy atom. The maximum Gasteiger partial charge on any atom is 0.239 e. The number of carbonyl (C=O) groups excluding carboxylic acids is 1. The second kappa shape index (κ2) is 10.8. The second-order valence-electron chi connectivity index (χ2n) is 7.49. The van der Waals surface area contributed by atoms with Crippen molar-refractivity contribution in [1.29, 1.82) is 0 Å². The summed E-state index contributed by atoms with van der Waals surface area (Å²) in [4.78, 5) is 19.9. The first kappa shape index (κ1) is 23.2. The summed E-state index contributed by atoms with van der Waals surface area (Å²) < 4.78 is 1.63. The number of thiazole rings is 1. The molecule has 0 radical (unpaired) electrons. The molecule has 0 bridgehead atoms. The molecule has 7 nitrogen and oxygen atoms in total. The van der Waals surface area contributed by atoms with E-state index in [1.165, 1.54) is 23.1 Å². The average Bonchev–Trinajstić information content (AvgIpc) is 3.58. The maximum absolute atomic E-state index is 13.5. The van der Waals surface area contributed by atoms with E-state index in [1.54, 1.807) is 9.58 Å². The molecule has 5 aromatic rings. The van der Waals surface area contributed by atoms with E-state index in [4.69, 9.17) is 16.6 Å². The molecule has 2 aromatic heterocycles. The number of benzene rings is 3. The van der Waals surface area contributed by atoms with Crippen LogP contribution in [0.25, 0.3) is 16.9 Å². The third-order valence-corrected chi connectivity index (χ3v) is 7.13. The van der Waals surface area contributed by atoms with Crippen LogP contribution in [0.1, 0.15) is 5.56 Å². The molecule has 0 fully saturated rings. The van der Waals surface area contributed by atoms with Gasteiger partial charge in [0, 0.05) is 16.0 Å². The maximum atomic E-state index is 13.5. The number of hydrogen-bond acceptors (Lipinski definition) is 7. The Labute approximate surface area is 215 Å². The van der Waals surface area contributed by atoms with Gasteiger partial charge in [0.1, 0.15) is 0 Å². The molecule has 0 aliphatic carbocycles. The number of para-hydroxylation sites is 1. The number of carbonyl (C=O) groups is 1. The lowest BCUT2D eigenvalue weighted by Crippen LogP contribution is -2.32. The SMILES string of the molecule is O=C(CSc1nnnn1-c1ccccc1)N(Cc1ccccc1)c1nc(-c2ccc(Cl)cc2)cs1. The zero-order valence-electron chi connectivity index (χ0n) is 18.4. The Balaban J connectivity index is 1.37. The molecule has 0 atom stereocenters. The number of anilines is 1. The van der Waals surface area contributed by atoms with Crippen molar-refractivity contribution in [2.75, 3.05) is 10.7 Å². The first-order valence-corrected chi connectivity index (χ1v) is 12.9. The standard InChI is InChI=1S/C25H19ClN6OS2/c26-20-13-11-19(12-14-20)22-16-34-24(27-22)31(15-18-7-3-1-4-8-18)23(33)17-35-25-28-29-30-32(25)21-9-5-2-6-10-21/h1-14,16H,15,17H2. The van der Waals surface area contributed by atoms with Crippen LogP contribution >= 0.6 is 34.7 Å². The van der Waals surface area contributed by atoms with Crippen molar-refractivity contribution in [1.82, 2.24) is 25.2 Å². The Kier molecular flexibility index (Phi) is 7.17. The lowest BCUT2D eigenvalue weighted by Gasteiger charge is -2.20. The Morgan fingerprint density at radius 1 is 0.971 bits per heavy atom. The quantitative estimate of drug-likeness (QED) is 0.243. The van der Waals surface area contributed by atoms with E-state index in [1.807, 2.05) is 90.3 Å². The highest BCUT2D eigenvalue weighted by Gasteiger charge is 2.22. The van der Waals surface area contributed by atoms with Gasteiger partial charge in [-0.3, -0.25) is 9.69 Å². The zero-order chi connectivity index (χ0) is 24.0. The number of aromatic nitrogens is 5. The summed E-state index contributed by atoms with van der Waals surface area (Å²) in [5.74, 6) is 0.0778. The Hall–Kier alpha value is -3.53. The molecule has 0 N–H and O–H groups in total. The Morgan fingerprint density at radius 2 is 1.69 bits per heavy atom. The number of amides is 1. The van der Waals surface area contributed by atoms with Gasteiger partial charge in [-0.1, -0.05) is 84.0 Å². The van der Waals surface area contributed by atoms with Gasteiger partial charge in [0.2, 0.25) is 11.1 Å². The van der Waals surface area contributed by atoms with Crippen molar-refractivity contribution < 1.29 is 4.79 Å². The van der Waals surface area contributed by atoms with Crippen molar-refractivity contribution in [2.24, 2.45) is 0 Å². The number of thioether (sulfide) groups is 1. The van der Waals surface area contributed by atoms with E-state index in [9.17, 15) is 4.79 Å². The molecule has 3 aromatic carbocycles. The van der Waals surface area contributed by atoms with Crippen LogP contribution in [0.4, 0.5) is 5.13 Å². The summed E-state index contributed by atoms with van der Waals surface area (Å²) in [6, 6.07) is 27.0. The lowest BCUT2D eigenvalue weighted by molar-refractivity contribution is -0.116. The normalized spacial score (nSPS) is 10.9. The van der Waals surface area contributed by atoms with E-state index in [-0.39, 0.29) is 11.7 Å². The number of hydrogen-bond donors (Lipinski definition) is 0. The average molecular weight is 519 g/mol. The van der Waals surface area contributed by atoms with Crippen molar-refractivity contribution in [2.45, 2.75) is 11.7 Å². The molecular weight excluding hydrogens is 500 g/mol. The van der Waals surface area contributed by atoms with E-state index >= 15 is 0 Å². The first-order chi connectivity index (χ1) is 17.2. The molecule has 0 saturated heterocycles. The van der Waals surface area contributed by atoms with Gasteiger partial charge in [-0.15, -0.1) is 16.4 Å². The lowest BCUT2D eigenvalue weighted by atomic mass is 10.2. The third kappa shape index (κ3) is 5.59. The minimum atomic E-state index is -0.0847. The van der Waals surface area contributed by atoms with Crippen LogP contribution in [0.3, 0.4) is 0 Å². The van der Waals surface area contributed by atoms with Crippen LogP contribution in [0, 0.1) is 0 Å². The van der Waals surface area contributed by atoms with Gasteiger partial charge in [-0.25, -0.2) is 4.98 Å². The largest absolute Gasteiger partial charge is 0.283 e. The molecule has 1 amide bonds. The van der Waals surface area contributed by atoms with Gasteiger partial charge >= 0.3 is 0 Å². The summed E-state index contributed by atoms with van der Waals surface area (Å²) in [7, 11) is 0. The smallest absolute Gasteiger partial charge is 0.239 e. The molecule has 2 heterocycles. The highest BCUT2D eigenvalue weighted by Crippen LogP contribution is 2.30. The monoisotopic (exact) mass is 518 g/mol. The predicted octanol–water partition coefficient (Wildman–Crippen LogP) is 5.76. The molecule has 5 rings (SSSR count). The predicted molar refractivity (Wildman–Crippen MR) is 140 cm³/mol. The zero-order valence-corrected chi connectivity index (χ0v) is 20.7. The van der Waals surface area contributed by atoms with Gasteiger partial charge < -0.3 is 0 Å². The summed E-state index contributed by atoms with van der Waals surface area (Å²) >= 11 is 8.75. The van der Waals surface area contributed by atoms with E-state index in [2.05, 4.69) is 15.5 Å².